The number of likely N-dealkylation sites (tertiary alicyclic amines) is 1. The summed E-state index contributed by atoms with van der Waals surface area (Å²) < 4.78 is 5.83. The molecule has 1 spiro atoms. The topological polar surface area (TPSA) is 57.1 Å². The van der Waals surface area contributed by atoms with E-state index in [1.54, 1.807) is 0 Å². The highest BCUT2D eigenvalue weighted by Crippen LogP contribution is 2.41. The summed E-state index contributed by atoms with van der Waals surface area (Å²) >= 11 is 0. The predicted molar refractivity (Wildman–Crippen MR) is 117 cm³/mol. The van der Waals surface area contributed by atoms with E-state index in [0.717, 1.165) is 51.8 Å². The maximum atomic E-state index is 9.49. The Labute approximate surface area is 176 Å². The molecule has 152 valence electrons. The minimum absolute atomic E-state index is 0. The number of nitrogens with one attached hydrogen (secondary N) is 1. The second-order valence-electron chi connectivity index (χ2n) is 8.53. The standard InChI is InChI=1S/C20H37N3O2.HI/c1-2-21-18(22-15-19(11-13-24)7-3-4-8-19)23-12-5-9-20(16-23)10-6-14-25-17-20;/h24H,2-17H2,1H3,(H,21,22);1H. The SMILES string of the molecule is CCNC(=NCC1(CCO)CCCC1)N1CCCC2(CCCOC2)C1.I. The lowest BCUT2D eigenvalue weighted by Gasteiger charge is -2.46. The molecule has 0 amide bonds. The molecule has 0 bridgehead atoms. The van der Waals surface area contributed by atoms with Crippen LogP contribution in [0, 0.1) is 10.8 Å². The van der Waals surface area contributed by atoms with Crippen LogP contribution in [0.3, 0.4) is 0 Å². The van der Waals surface area contributed by atoms with Crippen LogP contribution in [0.1, 0.15) is 64.7 Å². The number of hydrogen-bond acceptors (Lipinski definition) is 3. The number of ether oxygens (including phenoxy) is 1. The van der Waals surface area contributed by atoms with Gasteiger partial charge >= 0.3 is 0 Å². The summed E-state index contributed by atoms with van der Waals surface area (Å²) in [6.45, 7) is 8.22. The first-order valence-corrected chi connectivity index (χ1v) is 10.4. The summed E-state index contributed by atoms with van der Waals surface area (Å²) in [6, 6.07) is 0. The Morgan fingerprint density at radius 3 is 2.58 bits per heavy atom. The second-order valence-corrected chi connectivity index (χ2v) is 8.53. The quantitative estimate of drug-likeness (QED) is 0.361. The number of guanidine groups is 1. The zero-order valence-corrected chi connectivity index (χ0v) is 18.8. The highest BCUT2D eigenvalue weighted by atomic mass is 127. The second kappa shape index (κ2) is 10.5. The lowest BCUT2D eigenvalue weighted by Crippen LogP contribution is -2.53. The van der Waals surface area contributed by atoms with Gasteiger partial charge in [-0.15, -0.1) is 24.0 Å². The third kappa shape index (κ3) is 5.47. The van der Waals surface area contributed by atoms with E-state index >= 15 is 0 Å². The first-order chi connectivity index (χ1) is 12.2. The maximum absolute atomic E-state index is 9.49. The van der Waals surface area contributed by atoms with Crippen LogP contribution in [0.15, 0.2) is 4.99 Å². The molecule has 1 saturated carbocycles. The number of aliphatic hydroxyl groups is 1. The third-order valence-corrected chi connectivity index (χ3v) is 6.57. The Kier molecular flexibility index (Phi) is 8.94. The van der Waals surface area contributed by atoms with Crippen molar-refractivity contribution in [1.29, 1.82) is 0 Å². The van der Waals surface area contributed by atoms with Gasteiger partial charge in [0.1, 0.15) is 0 Å². The molecule has 0 aromatic heterocycles. The Balaban J connectivity index is 0.00000243. The van der Waals surface area contributed by atoms with Gasteiger partial charge in [0.05, 0.1) is 6.61 Å². The Hall–Kier alpha value is -0.0800. The molecule has 2 heterocycles. The number of piperidine rings is 1. The molecule has 0 aromatic carbocycles. The molecular weight excluding hydrogens is 441 g/mol. The summed E-state index contributed by atoms with van der Waals surface area (Å²) in [7, 11) is 0. The lowest BCUT2D eigenvalue weighted by atomic mass is 9.76. The van der Waals surface area contributed by atoms with Gasteiger partial charge in [0.25, 0.3) is 0 Å². The van der Waals surface area contributed by atoms with Gasteiger partial charge in [0.15, 0.2) is 5.96 Å². The lowest BCUT2D eigenvalue weighted by molar-refractivity contribution is -0.0370. The highest BCUT2D eigenvalue weighted by Gasteiger charge is 2.39. The molecule has 2 aliphatic heterocycles. The van der Waals surface area contributed by atoms with E-state index in [2.05, 4.69) is 17.1 Å². The van der Waals surface area contributed by atoms with Gasteiger partial charge in [-0.1, -0.05) is 12.8 Å². The van der Waals surface area contributed by atoms with Crippen LogP contribution in [0.2, 0.25) is 0 Å². The monoisotopic (exact) mass is 479 g/mol. The van der Waals surface area contributed by atoms with Crippen LogP contribution in [-0.2, 0) is 4.74 Å². The first-order valence-electron chi connectivity index (χ1n) is 10.4. The van der Waals surface area contributed by atoms with Crippen molar-refractivity contribution in [2.45, 2.75) is 64.7 Å². The summed E-state index contributed by atoms with van der Waals surface area (Å²) in [5.74, 6) is 1.08. The fourth-order valence-electron chi connectivity index (χ4n) is 5.14. The average molecular weight is 479 g/mol. The van der Waals surface area contributed by atoms with E-state index in [1.165, 1.54) is 51.4 Å². The van der Waals surface area contributed by atoms with Gasteiger partial charge in [0, 0.05) is 44.8 Å². The number of rotatable bonds is 5. The van der Waals surface area contributed by atoms with E-state index in [4.69, 9.17) is 9.73 Å². The number of aliphatic hydroxyl groups excluding tert-OH is 1. The van der Waals surface area contributed by atoms with Gasteiger partial charge in [-0.25, -0.2) is 0 Å². The summed E-state index contributed by atoms with van der Waals surface area (Å²) in [4.78, 5) is 7.54. The Bertz CT molecular complexity index is 441. The van der Waals surface area contributed by atoms with Crippen molar-refractivity contribution < 1.29 is 9.84 Å². The molecule has 3 fully saturated rings. The fourth-order valence-corrected chi connectivity index (χ4v) is 5.14. The van der Waals surface area contributed by atoms with Gasteiger partial charge in [-0.2, -0.15) is 0 Å². The van der Waals surface area contributed by atoms with Gasteiger partial charge in [0.2, 0.25) is 0 Å². The third-order valence-electron chi connectivity index (χ3n) is 6.57. The molecule has 26 heavy (non-hydrogen) atoms. The largest absolute Gasteiger partial charge is 0.396 e. The van der Waals surface area contributed by atoms with Crippen molar-refractivity contribution in [2.75, 3.05) is 46.0 Å². The van der Waals surface area contributed by atoms with Crippen LogP contribution in [0.4, 0.5) is 0 Å². The van der Waals surface area contributed by atoms with Crippen molar-refractivity contribution in [3.63, 3.8) is 0 Å². The molecule has 2 N–H and O–H groups in total. The normalized spacial score (nSPS) is 28.8. The van der Waals surface area contributed by atoms with Gasteiger partial charge in [-0.05, 0) is 57.3 Å². The van der Waals surface area contributed by atoms with Crippen molar-refractivity contribution in [3.05, 3.63) is 0 Å². The zero-order valence-electron chi connectivity index (χ0n) is 16.5. The number of hydrogen-bond donors (Lipinski definition) is 2. The van der Waals surface area contributed by atoms with Crippen LogP contribution in [0.25, 0.3) is 0 Å². The number of nitrogens with zero attached hydrogens (tertiary/aromatic N) is 2. The molecule has 1 unspecified atom stereocenters. The van der Waals surface area contributed by atoms with Crippen LogP contribution < -0.4 is 5.32 Å². The van der Waals surface area contributed by atoms with E-state index in [-0.39, 0.29) is 36.0 Å². The van der Waals surface area contributed by atoms with Gasteiger partial charge in [-0.3, -0.25) is 4.99 Å². The van der Waals surface area contributed by atoms with Crippen LogP contribution in [0.5, 0.6) is 0 Å². The molecular formula is C20H38IN3O2. The van der Waals surface area contributed by atoms with E-state index in [9.17, 15) is 5.11 Å². The molecule has 0 aromatic rings. The maximum Gasteiger partial charge on any atom is 0.193 e. The minimum atomic E-state index is 0. The molecule has 5 nitrogen and oxygen atoms in total. The van der Waals surface area contributed by atoms with Crippen molar-refractivity contribution >= 4 is 29.9 Å². The molecule has 6 heteroatoms. The number of halogens is 1. The first kappa shape index (κ1) is 22.2. The molecule has 3 aliphatic rings. The molecule has 0 radical (unpaired) electrons. The van der Waals surface area contributed by atoms with Crippen molar-refractivity contribution in [3.8, 4) is 0 Å². The zero-order chi connectivity index (χ0) is 17.6. The van der Waals surface area contributed by atoms with E-state index in [0.29, 0.717) is 5.41 Å². The van der Waals surface area contributed by atoms with Crippen molar-refractivity contribution in [1.82, 2.24) is 10.2 Å². The minimum Gasteiger partial charge on any atom is -0.396 e. The van der Waals surface area contributed by atoms with E-state index < -0.39 is 0 Å². The highest BCUT2D eigenvalue weighted by molar-refractivity contribution is 14.0. The van der Waals surface area contributed by atoms with E-state index in [1.807, 2.05) is 0 Å². The number of aliphatic imine (C=N–C) groups is 1. The Morgan fingerprint density at radius 2 is 1.92 bits per heavy atom. The summed E-state index contributed by atoms with van der Waals surface area (Å²) in [6.07, 6.45) is 10.9. The summed E-state index contributed by atoms with van der Waals surface area (Å²) in [5.41, 5.74) is 0.569. The van der Waals surface area contributed by atoms with Crippen molar-refractivity contribution in [2.24, 2.45) is 15.8 Å². The fraction of sp³-hybridized carbons (Fsp3) is 0.950. The molecule has 1 aliphatic carbocycles. The average Bonchev–Trinajstić information content (AvgIpc) is 3.08. The molecule has 2 saturated heterocycles. The molecule has 1 atom stereocenters. The molecule has 3 rings (SSSR count). The van der Waals surface area contributed by atoms with Crippen LogP contribution >= 0.6 is 24.0 Å². The summed E-state index contributed by atoms with van der Waals surface area (Å²) in [5, 5.41) is 13.0. The Morgan fingerprint density at radius 1 is 1.15 bits per heavy atom. The van der Waals surface area contributed by atoms with Gasteiger partial charge < -0.3 is 20.1 Å². The predicted octanol–water partition coefficient (Wildman–Crippen LogP) is 3.41. The van der Waals surface area contributed by atoms with Crippen LogP contribution in [-0.4, -0.2) is 62.0 Å². The smallest absolute Gasteiger partial charge is 0.193 e.